The van der Waals surface area contributed by atoms with E-state index < -0.39 is 22.7 Å². The van der Waals surface area contributed by atoms with Crippen molar-refractivity contribution in [3.8, 4) is 5.75 Å². The number of carbonyl (C=O) groups is 1. The van der Waals surface area contributed by atoms with E-state index in [0.717, 1.165) is 24.3 Å². The number of halogens is 5. The van der Waals surface area contributed by atoms with Gasteiger partial charge >= 0.3 is 6.36 Å². The first-order valence-corrected chi connectivity index (χ1v) is 4.85. The van der Waals surface area contributed by atoms with E-state index in [1.165, 1.54) is 0 Å². The molecule has 1 aromatic rings. The van der Waals surface area contributed by atoms with E-state index in [4.69, 9.17) is 23.2 Å². The Bertz CT molecular complexity index is 373. The van der Waals surface area contributed by atoms with E-state index in [1.54, 1.807) is 0 Å². The Morgan fingerprint density at radius 1 is 1.19 bits per heavy atom. The second-order valence-electron chi connectivity index (χ2n) is 2.74. The maximum absolute atomic E-state index is 11.8. The maximum atomic E-state index is 11.8. The normalized spacial score (nSPS) is 11.6. The quantitative estimate of drug-likeness (QED) is 0.621. The Balaban J connectivity index is 2.80. The van der Waals surface area contributed by atoms with Gasteiger partial charge in [0, 0.05) is 5.56 Å². The molecule has 88 valence electrons. The van der Waals surface area contributed by atoms with Crippen LogP contribution in [0.4, 0.5) is 13.2 Å². The average Bonchev–Trinajstić information content (AvgIpc) is 2.15. The van der Waals surface area contributed by atoms with Crippen molar-refractivity contribution >= 4 is 29.0 Å². The lowest BCUT2D eigenvalue weighted by atomic mass is 10.1. The van der Waals surface area contributed by atoms with Crippen LogP contribution < -0.4 is 4.74 Å². The molecule has 0 spiro atoms. The maximum Gasteiger partial charge on any atom is 0.573 e. The SMILES string of the molecule is O=C(c1ccc(OC(F)(F)F)cc1)C(Cl)Cl. The third kappa shape index (κ3) is 3.90. The van der Waals surface area contributed by atoms with Crippen molar-refractivity contribution in [2.75, 3.05) is 0 Å². The summed E-state index contributed by atoms with van der Waals surface area (Å²) < 4.78 is 39.0. The van der Waals surface area contributed by atoms with Crippen molar-refractivity contribution < 1.29 is 22.7 Å². The van der Waals surface area contributed by atoms with Crippen molar-refractivity contribution in [3.05, 3.63) is 29.8 Å². The molecule has 0 N–H and O–H groups in total. The highest BCUT2D eigenvalue weighted by Gasteiger charge is 2.31. The molecule has 0 saturated heterocycles. The van der Waals surface area contributed by atoms with Crippen molar-refractivity contribution in [1.82, 2.24) is 0 Å². The first kappa shape index (κ1) is 13.1. The number of hydrogen-bond donors (Lipinski definition) is 0. The minimum absolute atomic E-state index is 0.115. The van der Waals surface area contributed by atoms with Gasteiger partial charge in [0.2, 0.25) is 0 Å². The topological polar surface area (TPSA) is 26.3 Å². The molecule has 1 aromatic carbocycles. The van der Waals surface area contributed by atoms with Crippen molar-refractivity contribution in [2.45, 2.75) is 11.2 Å². The molecule has 1 rings (SSSR count). The van der Waals surface area contributed by atoms with Crippen LogP contribution in [0.15, 0.2) is 24.3 Å². The fourth-order valence-electron chi connectivity index (χ4n) is 0.947. The average molecular weight is 273 g/mol. The molecule has 0 aliphatic heterocycles. The van der Waals surface area contributed by atoms with Crippen LogP contribution in [0, 0.1) is 0 Å². The molecule has 0 bridgehead atoms. The molecular weight excluding hydrogens is 268 g/mol. The summed E-state index contributed by atoms with van der Waals surface area (Å²) in [7, 11) is 0. The number of hydrogen-bond acceptors (Lipinski definition) is 2. The zero-order valence-corrected chi connectivity index (χ0v) is 9.10. The van der Waals surface area contributed by atoms with E-state index in [2.05, 4.69) is 4.74 Å². The zero-order valence-electron chi connectivity index (χ0n) is 7.59. The Morgan fingerprint density at radius 2 is 1.69 bits per heavy atom. The summed E-state index contributed by atoms with van der Waals surface area (Å²) >= 11 is 10.6. The molecule has 0 saturated carbocycles. The van der Waals surface area contributed by atoms with E-state index in [1.807, 2.05) is 0 Å². The van der Waals surface area contributed by atoms with E-state index in [-0.39, 0.29) is 5.56 Å². The Morgan fingerprint density at radius 3 is 2.06 bits per heavy atom. The minimum atomic E-state index is -4.76. The second kappa shape index (κ2) is 4.93. The molecule has 0 fully saturated rings. The Hall–Kier alpha value is -0.940. The fraction of sp³-hybridized carbons (Fsp3) is 0.222. The third-order valence-electron chi connectivity index (χ3n) is 1.57. The van der Waals surface area contributed by atoms with Crippen molar-refractivity contribution in [1.29, 1.82) is 0 Å². The first-order chi connectivity index (χ1) is 7.29. The van der Waals surface area contributed by atoms with Crippen LogP contribution >= 0.6 is 23.2 Å². The molecule has 0 aliphatic carbocycles. The van der Waals surface area contributed by atoms with Gasteiger partial charge in [0.15, 0.2) is 10.6 Å². The highest BCUT2D eigenvalue weighted by molar-refractivity contribution is 6.55. The van der Waals surface area contributed by atoms with Crippen LogP contribution in [0.25, 0.3) is 0 Å². The molecule has 2 nitrogen and oxygen atoms in total. The van der Waals surface area contributed by atoms with Gasteiger partial charge in [-0.15, -0.1) is 13.2 Å². The van der Waals surface area contributed by atoms with Gasteiger partial charge in [0.25, 0.3) is 0 Å². The number of carbonyl (C=O) groups excluding carboxylic acids is 1. The van der Waals surface area contributed by atoms with Crippen LogP contribution in [-0.2, 0) is 0 Å². The summed E-state index contributed by atoms with van der Waals surface area (Å²) in [5, 5.41) is 0. The molecule has 7 heteroatoms. The van der Waals surface area contributed by atoms with Gasteiger partial charge in [-0.25, -0.2) is 0 Å². The Labute approximate surface area is 98.9 Å². The smallest absolute Gasteiger partial charge is 0.406 e. The first-order valence-electron chi connectivity index (χ1n) is 3.98. The highest BCUT2D eigenvalue weighted by atomic mass is 35.5. The largest absolute Gasteiger partial charge is 0.573 e. The summed E-state index contributed by atoms with van der Waals surface area (Å²) in [5.74, 6) is -0.994. The van der Waals surface area contributed by atoms with Gasteiger partial charge < -0.3 is 4.74 Å². The molecule has 0 aliphatic rings. The molecule has 0 atom stereocenters. The van der Waals surface area contributed by atoms with Crippen molar-refractivity contribution in [2.24, 2.45) is 0 Å². The van der Waals surface area contributed by atoms with Gasteiger partial charge in [-0.1, -0.05) is 23.2 Å². The number of ketones is 1. The van der Waals surface area contributed by atoms with Gasteiger partial charge in [-0.05, 0) is 24.3 Å². The third-order valence-corrected chi connectivity index (χ3v) is 1.97. The monoisotopic (exact) mass is 272 g/mol. The second-order valence-corrected chi connectivity index (χ2v) is 3.83. The molecule has 0 radical (unpaired) electrons. The van der Waals surface area contributed by atoms with E-state index in [9.17, 15) is 18.0 Å². The molecular formula is C9H5Cl2F3O2. The number of benzene rings is 1. The molecule has 16 heavy (non-hydrogen) atoms. The number of rotatable bonds is 3. The van der Waals surface area contributed by atoms with Gasteiger partial charge in [-0.3, -0.25) is 4.79 Å². The van der Waals surface area contributed by atoms with Gasteiger partial charge in [-0.2, -0.15) is 0 Å². The molecule has 0 heterocycles. The summed E-state index contributed by atoms with van der Waals surface area (Å²) in [6.07, 6.45) is -4.76. The summed E-state index contributed by atoms with van der Waals surface area (Å²) in [4.78, 5) is 9.97. The minimum Gasteiger partial charge on any atom is -0.406 e. The Kier molecular flexibility index (Phi) is 4.04. The summed E-state index contributed by atoms with van der Waals surface area (Å²) in [6, 6.07) is 4.33. The number of ether oxygens (including phenoxy) is 1. The number of alkyl halides is 5. The fourth-order valence-corrected chi connectivity index (χ4v) is 1.20. The van der Waals surface area contributed by atoms with Crippen molar-refractivity contribution in [3.63, 3.8) is 0 Å². The highest BCUT2D eigenvalue weighted by Crippen LogP contribution is 2.23. The zero-order chi connectivity index (χ0) is 12.3. The van der Waals surface area contributed by atoms with Gasteiger partial charge in [0.1, 0.15) is 5.75 Å². The van der Waals surface area contributed by atoms with Crippen LogP contribution in [0.1, 0.15) is 10.4 Å². The van der Waals surface area contributed by atoms with Crippen LogP contribution in [0.2, 0.25) is 0 Å². The van der Waals surface area contributed by atoms with Crippen LogP contribution in [0.5, 0.6) is 5.75 Å². The summed E-state index contributed by atoms with van der Waals surface area (Å²) in [5.41, 5.74) is 0.115. The molecule has 0 aromatic heterocycles. The standard InChI is InChI=1S/C9H5Cl2F3O2/c10-8(11)7(15)5-1-3-6(4-2-5)16-9(12,13)14/h1-4,8H. The van der Waals surface area contributed by atoms with Gasteiger partial charge in [0.05, 0.1) is 0 Å². The lowest BCUT2D eigenvalue weighted by molar-refractivity contribution is -0.274. The summed E-state index contributed by atoms with van der Waals surface area (Å²) in [6.45, 7) is 0. The van der Waals surface area contributed by atoms with Crippen LogP contribution in [0.3, 0.4) is 0 Å². The lowest BCUT2D eigenvalue weighted by Crippen LogP contribution is -2.17. The predicted molar refractivity (Wildman–Crippen MR) is 52.9 cm³/mol. The molecule has 0 amide bonds. The number of Topliss-reactive ketones (excluding diaryl/α,β-unsaturated/α-hetero) is 1. The van der Waals surface area contributed by atoms with E-state index in [0.29, 0.717) is 0 Å². The van der Waals surface area contributed by atoms with Crippen LogP contribution in [-0.4, -0.2) is 17.0 Å². The van der Waals surface area contributed by atoms with E-state index >= 15 is 0 Å². The molecule has 0 unspecified atom stereocenters. The predicted octanol–water partition coefficient (Wildman–Crippen LogP) is 3.57. The lowest BCUT2D eigenvalue weighted by Gasteiger charge is -2.09.